The van der Waals surface area contributed by atoms with E-state index in [1.54, 1.807) is 12.4 Å². The lowest BCUT2D eigenvalue weighted by Gasteiger charge is -1.98. The molecular weight excluding hydrogens is 136 g/mol. The molecule has 0 saturated carbocycles. The molecule has 0 amide bonds. The second kappa shape index (κ2) is 3.86. The van der Waals surface area contributed by atoms with E-state index >= 15 is 0 Å². The van der Waals surface area contributed by atoms with Crippen molar-refractivity contribution < 1.29 is 0 Å². The van der Waals surface area contributed by atoms with Crippen molar-refractivity contribution in [3.63, 3.8) is 0 Å². The van der Waals surface area contributed by atoms with E-state index in [1.807, 2.05) is 19.1 Å². The van der Waals surface area contributed by atoms with E-state index in [9.17, 15) is 0 Å². The number of hydrogen-bond donors (Lipinski definition) is 0. The van der Waals surface area contributed by atoms with Crippen molar-refractivity contribution in [1.82, 2.24) is 9.97 Å². The fraction of sp³-hybridized carbons (Fsp3) is 0.333. The maximum atomic E-state index is 4.20. The van der Waals surface area contributed by atoms with Crippen LogP contribution in [0.5, 0.6) is 0 Å². The van der Waals surface area contributed by atoms with Gasteiger partial charge in [-0.25, -0.2) is 0 Å². The van der Waals surface area contributed by atoms with Crippen molar-refractivity contribution in [2.24, 2.45) is 0 Å². The Balaban J connectivity index is 3.02. The predicted molar refractivity (Wildman–Crippen MR) is 46.1 cm³/mol. The summed E-state index contributed by atoms with van der Waals surface area (Å²) in [4.78, 5) is 8.39. The van der Waals surface area contributed by atoms with Gasteiger partial charge in [-0.2, -0.15) is 0 Å². The van der Waals surface area contributed by atoms with E-state index in [0.717, 1.165) is 17.8 Å². The molecule has 1 heterocycles. The summed E-state index contributed by atoms with van der Waals surface area (Å²) >= 11 is 0. The van der Waals surface area contributed by atoms with Gasteiger partial charge in [0.2, 0.25) is 0 Å². The minimum atomic E-state index is 0.938. The molecule has 0 spiro atoms. The van der Waals surface area contributed by atoms with Crippen LogP contribution in [0.25, 0.3) is 6.08 Å². The Labute approximate surface area is 67.0 Å². The standard InChI is InChI=1S/C9H12N2/c1-3-5-9-8(4-2)10-6-7-11-9/h3,5-7H,4H2,1-2H3/b5-3+. The third-order valence-corrected chi connectivity index (χ3v) is 1.47. The molecule has 0 aliphatic carbocycles. The van der Waals surface area contributed by atoms with Crippen LogP contribution in [0.15, 0.2) is 18.5 Å². The van der Waals surface area contributed by atoms with Crippen molar-refractivity contribution in [2.75, 3.05) is 0 Å². The van der Waals surface area contributed by atoms with Gasteiger partial charge in [-0.1, -0.05) is 13.0 Å². The lowest BCUT2D eigenvalue weighted by Crippen LogP contribution is -1.93. The monoisotopic (exact) mass is 148 g/mol. The Morgan fingerprint density at radius 2 is 2.09 bits per heavy atom. The highest BCUT2D eigenvalue weighted by Crippen LogP contribution is 2.03. The van der Waals surface area contributed by atoms with Gasteiger partial charge in [0.05, 0.1) is 11.4 Å². The summed E-state index contributed by atoms with van der Waals surface area (Å²) in [5, 5.41) is 0. The summed E-state index contributed by atoms with van der Waals surface area (Å²) in [7, 11) is 0. The van der Waals surface area contributed by atoms with Gasteiger partial charge >= 0.3 is 0 Å². The SMILES string of the molecule is C/C=C/c1nccnc1CC. The smallest absolute Gasteiger partial charge is 0.0841 e. The van der Waals surface area contributed by atoms with Gasteiger partial charge < -0.3 is 0 Å². The molecule has 0 atom stereocenters. The van der Waals surface area contributed by atoms with Crippen LogP contribution in [-0.4, -0.2) is 9.97 Å². The topological polar surface area (TPSA) is 25.8 Å². The van der Waals surface area contributed by atoms with Crippen LogP contribution in [0.1, 0.15) is 25.2 Å². The average Bonchev–Trinajstić information content (AvgIpc) is 2.06. The van der Waals surface area contributed by atoms with Crippen LogP contribution in [0.2, 0.25) is 0 Å². The molecule has 0 aliphatic heterocycles. The van der Waals surface area contributed by atoms with Gasteiger partial charge in [-0.3, -0.25) is 9.97 Å². The first-order chi connectivity index (χ1) is 5.38. The summed E-state index contributed by atoms with van der Waals surface area (Å²) in [5.41, 5.74) is 2.04. The predicted octanol–water partition coefficient (Wildman–Crippen LogP) is 2.07. The molecule has 0 aliphatic rings. The summed E-state index contributed by atoms with van der Waals surface area (Å²) in [5.74, 6) is 0. The van der Waals surface area contributed by atoms with E-state index in [4.69, 9.17) is 0 Å². The van der Waals surface area contributed by atoms with E-state index in [-0.39, 0.29) is 0 Å². The minimum Gasteiger partial charge on any atom is -0.257 e. The number of nitrogens with zero attached hydrogens (tertiary/aromatic N) is 2. The first-order valence-electron chi connectivity index (χ1n) is 3.81. The average molecular weight is 148 g/mol. The molecule has 2 nitrogen and oxygen atoms in total. The number of allylic oxidation sites excluding steroid dienone is 1. The lowest BCUT2D eigenvalue weighted by atomic mass is 10.2. The highest BCUT2D eigenvalue weighted by molar-refractivity contribution is 5.46. The zero-order chi connectivity index (χ0) is 8.10. The third-order valence-electron chi connectivity index (χ3n) is 1.47. The highest BCUT2D eigenvalue weighted by Gasteiger charge is 1.96. The van der Waals surface area contributed by atoms with Gasteiger partial charge in [0.25, 0.3) is 0 Å². The highest BCUT2D eigenvalue weighted by atomic mass is 14.8. The third kappa shape index (κ3) is 1.87. The van der Waals surface area contributed by atoms with Gasteiger partial charge in [0.15, 0.2) is 0 Å². The number of hydrogen-bond acceptors (Lipinski definition) is 2. The van der Waals surface area contributed by atoms with Crippen LogP contribution in [0, 0.1) is 0 Å². The van der Waals surface area contributed by atoms with Crippen LogP contribution in [0.4, 0.5) is 0 Å². The molecule has 1 rings (SSSR count). The molecule has 2 heteroatoms. The zero-order valence-corrected chi connectivity index (χ0v) is 6.91. The molecule has 0 fully saturated rings. The molecule has 11 heavy (non-hydrogen) atoms. The van der Waals surface area contributed by atoms with Gasteiger partial charge in [-0.15, -0.1) is 0 Å². The fourth-order valence-corrected chi connectivity index (χ4v) is 0.947. The largest absolute Gasteiger partial charge is 0.257 e. The number of aromatic nitrogens is 2. The van der Waals surface area contributed by atoms with Crippen LogP contribution < -0.4 is 0 Å². The summed E-state index contributed by atoms with van der Waals surface area (Å²) in [6, 6.07) is 0. The van der Waals surface area contributed by atoms with E-state index in [2.05, 4.69) is 16.9 Å². The second-order valence-corrected chi connectivity index (χ2v) is 2.24. The molecule has 1 aromatic rings. The molecule has 0 aromatic carbocycles. The van der Waals surface area contributed by atoms with E-state index < -0.39 is 0 Å². The van der Waals surface area contributed by atoms with Crippen molar-refractivity contribution in [3.8, 4) is 0 Å². The maximum absolute atomic E-state index is 4.20. The van der Waals surface area contributed by atoms with Gasteiger partial charge in [0.1, 0.15) is 0 Å². The molecule has 0 N–H and O–H groups in total. The normalized spacial score (nSPS) is 10.7. The van der Waals surface area contributed by atoms with Gasteiger partial charge in [0, 0.05) is 12.4 Å². The van der Waals surface area contributed by atoms with Gasteiger partial charge in [-0.05, 0) is 19.4 Å². The van der Waals surface area contributed by atoms with E-state index in [1.165, 1.54) is 0 Å². The molecule has 0 radical (unpaired) electrons. The molecule has 0 unspecified atom stereocenters. The van der Waals surface area contributed by atoms with Crippen LogP contribution in [-0.2, 0) is 6.42 Å². The van der Waals surface area contributed by atoms with Crippen molar-refractivity contribution in [2.45, 2.75) is 20.3 Å². The zero-order valence-electron chi connectivity index (χ0n) is 6.91. The summed E-state index contributed by atoms with van der Waals surface area (Å²) in [6.07, 6.45) is 8.34. The van der Waals surface area contributed by atoms with Crippen LogP contribution >= 0.6 is 0 Å². The fourth-order valence-electron chi connectivity index (χ4n) is 0.947. The van der Waals surface area contributed by atoms with Crippen molar-refractivity contribution in [1.29, 1.82) is 0 Å². The quantitative estimate of drug-likeness (QED) is 0.641. The Morgan fingerprint density at radius 1 is 1.36 bits per heavy atom. The maximum Gasteiger partial charge on any atom is 0.0841 e. The molecule has 58 valence electrons. The Kier molecular flexibility index (Phi) is 2.78. The summed E-state index contributed by atoms with van der Waals surface area (Å²) < 4.78 is 0. The lowest BCUT2D eigenvalue weighted by molar-refractivity contribution is 0.988. The Morgan fingerprint density at radius 3 is 2.73 bits per heavy atom. The number of aryl methyl sites for hydroxylation is 1. The number of rotatable bonds is 2. The van der Waals surface area contributed by atoms with Crippen molar-refractivity contribution in [3.05, 3.63) is 29.9 Å². The molecule has 0 bridgehead atoms. The van der Waals surface area contributed by atoms with E-state index in [0.29, 0.717) is 0 Å². The summed E-state index contributed by atoms with van der Waals surface area (Å²) in [6.45, 7) is 4.06. The first kappa shape index (κ1) is 7.92. The Hall–Kier alpha value is -1.18. The van der Waals surface area contributed by atoms with Crippen LogP contribution in [0.3, 0.4) is 0 Å². The second-order valence-electron chi connectivity index (χ2n) is 2.24. The Bertz CT molecular complexity index is 253. The minimum absolute atomic E-state index is 0.938. The molecular formula is C9H12N2. The van der Waals surface area contributed by atoms with Crippen molar-refractivity contribution >= 4 is 6.08 Å². The molecule has 1 aromatic heterocycles. The first-order valence-corrected chi connectivity index (χ1v) is 3.81. The molecule has 0 saturated heterocycles.